The minimum Gasteiger partial charge on any atom is -0.388 e. The molecule has 0 bridgehead atoms. The Morgan fingerprint density at radius 3 is 2.25 bits per heavy atom. The average molecular weight is 221 g/mol. The molecule has 2 rings (SSSR count). The van der Waals surface area contributed by atoms with Crippen LogP contribution in [0.4, 0.5) is 0 Å². The van der Waals surface area contributed by atoms with Gasteiger partial charge in [0.05, 0.1) is 5.57 Å². The lowest BCUT2D eigenvalue weighted by atomic mass is 9.77. The number of carbonyl (C=O) groups excluding carboxylic acids is 2. The van der Waals surface area contributed by atoms with E-state index in [1.807, 2.05) is 0 Å². The molecule has 0 spiro atoms. The zero-order valence-corrected chi connectivity index (χ0v) is 10.0. The molecule has 1 aliphatic heterocycles. The summed E-state index contributed by atoms with van der Waals surface area (Å²) in [6, 6.07) is 0. The summed E-state index contributed by atoms with van der Waals surface area (Å²) in [7, 11) is 0. The summed E-state index contributed by atoms with van der Waals surface area (Å²) in [5.74, 6) is 0.764. The minimum absolute atomic E-state index is 0.0550. The molecular weight excluding hydrogens is 202 g/mol. The van der Waals surface area contributed by atoms with Crippen LogP contribution in [0.2, 0.25) is 0 Å². The fourth-order valence-electron chi connectivity index (χ4n) is 2.52. The van der Waals surface area contributed by atoms with Crippen LogP contribution in [0.25, 0.3) is 0 Å². The molecule has 1 heterocycles. The van der Waals surface area contributed by atoms with Gasteiger partial charge in [-0.1, -0.05) is 13.8 Å². The molecule has 0 aromatic heterocycles. The van der Waals surface area contributed by atoms with Crippen molar-refractivity contribution in [3.05, 3.63) is 11.3 Å². The van der Waals surface area contributed by atoms with Crippen LogP contribution >= 0.6 is 0 Å². The van der Waals surface area contributed by atoms with E-state index in [4.69, 9.17) is 0 Å². The van der Waals surface area contributed by atoms with Gasteiger partial charge >= 0.3 is 0 Å². The maximum Gasteiger partial charge on any atom is 0.168 e. The van der Waals surface area contributed by atoms with Gasteiger partial charge in [0.15, 0.2) is 11.6 Å². The molecule has 88 valence electrons. The summed E-state index contributed by atoms with van der Waals surface area (Å²) in [5.41, 5.74) is 1.38. The number of allylic oxidation sites excluding steroid dienone is 2. The first-order valence-electron chi connectivity index (χ1n) is 6.13. The highest BCUT2D eigenvalue weighted by molar-refractivity contribution is 6.22. The number of nitrogens with one attached hydrogen (secondary N) is 1. The van der Waals surface area contributed by atoms with E-state index in [0.29, 0.717) is 24.3 Å². The van der Waals surface area contributed by atoms with Crippen molar-refractivity contribution in [2.75, 3.05) is 6.54 Å². The standard InChI is InChI=1S/C13H19NO2/c1-8(2)9-6-11(15)13(12(16)7-9)10-4-3-5-14-10/h8-9,14H,3-7H2,1-2H3. The van der Waals surface area contributed by atoms with Crippen LogP contribution in [-0.2, 0) is 9.59 Å². The Labute approximate surface area is 96.3 Å². The molecule has 2 aliphatic rings. The first-order valence-corrected chi connectivity index (χ1v) is 6.13. The van der Waals surface area contributed by atoms with Gasteiger partial charge in [0.2, 0.25) is 0 Å². The number of hydrogen-bond acceptors (Lipinski definition) is 3. The maximum absolute atomic E-state index is 12.0. The number of ketones is 2. The summed E-state index contributed by atoms with van der Waals surface area (Å²) >= 11 is 0. The number of Topliss-reactive ketones (excluding diaryl/α,β-unsaturated/α-hetero) is 2. The molecule has 0 radical (unpaired) electrons. The van der Waals surface area contributed by atoms with Crippen LogP contribution in [0.15, 0.2) is 11.3 Å². The smallest absolute Gasteiger partial charge is 0.168 e. The lowest BCUT2D eigenvalue weighted by Crippen LogP contribution is -2.31. The Kier molecular flexibility index (Phi) is 3.13. The van der Waals surface area contributed by atoms with Gasteiger partial charge in [-0.25, -0.2) is 0 Å². The molecule has 3 heteroatoms. The molecule has 0 aromatic carbocycles. The third-order valence-electron chi connectivity index (χ3n) is 3.64. The van der Waals surface area contributed by atoms with Crippen LogP contribution in [0.1, 0.15) is 39.5 Å². The summed E-state index contributed by atoms with van der Waals surface area (Å²) in [4.78, 5) is 24.0. The van der Waals surface area contributed by atoms with Crippen molar-refractivity contribution in [3.63, 3.8) is 0 Å². The van der Waals surface area contributed by atoms with E-state index in [9.17, 15) is 9.59 Å². The van der Waals surface area contributed by atoms with Crippen LogP contribution in [0.5, 0.6) is 0 Å². The van der Waals surface area contributed by atoms with Crippen molar-refractivity contribution in [3.8, 4) is 0 Å². The average Bonchev–Trinajstić information content (AvgIpc) is 2.69. The molecule has 2 fully saturated rings. The van der Waals surface area contributed by atoms with E-state index in [0.717, 1.165) is 25.1 Å². The van der Waals surface area contributed by atoms with Gasteiger partial charge < -0.3 is 5.32 Å². The summed E-state index contributed by atoms with van der Waals surface area (Å²) in [6.07, 6.45) is 2.99. The van der Waals surface area contributed by atoms with E-state index in [2.05, 4.69) is 19.2 Å². The van der Waals surface area contributed by atoms with Gasteiger partial charge in [0.25, 0.3) is 0 Å². The molecule has 0 atom stereocenters. The van der Waals surface area contributed by atoms with Gasteiger partial charge in [-0.2, -0.15) is 0 Å². The monoisotopic (exact) mass is 221 g/mol. The van der Waals surface area contributed by atoms with Crippen molar-refractivity contribution >= 4 is 11.6 Å². The van der Waals surface area contributed by atoms with Crippen molar-refractivity contribution in [2.24, 2.45) is 11.8 Å². The van der Waals surface area contributed by atoms with E-state index in [1.54, 1.807) is 0 Å². The van der Waals surface area contributed by atoms with E-state index in [-0.39, 0.29) is 17.5 Å². The first-order chi connectivity index (χ1) is 7.59. The lowest BCUT2D eigenvalue weighted by molar-refractivity contribution is -0.126. The molecular formula is C13H19NO2. The van der Waals surface area contributed by atoms with Crippen molar-refractivity contribution in [1.82, 2.24) is 5.32 Å². The Balaban J connectivity index is 2.21. The summed E-state index contributed by atoms with van der Waals surface area (Å²) in [6.45, 7) is 5.06. The van der Waals surface area contributed by atoms with E-state index < -0.39 is 0 Å². The largest absolute Gasteiger partial charge is 0.388 e. The highest BCUT2D eigenvalue weighted by Crippen LogP contribution is 2.31. The van der Waals surface area contributed by atoms with Crippen LogP contribution < -0.4 is 5.32 Å². The van der Waals surface area contributed by atoms with Crippen LogP contribution in [0, 0.1) is 11.8 Å². The highest BCUT2D eigenvalue weighted by Gasteiger charge is 2.34. The molecule has 0 unspecified atom stereocenters. The quantitative estimate of drug-likeness (QED) is 0.543. The normalized spacial score (nSPS) is 26.6. The molecule has 16 heavy (non-hydrogen) atoms. The number of carbonyl (C=O) groups is 2. The molecule has 3 nitrogen and oxygen atoms in total. The SMILES string of the molecule is CC(C)C1CC(=O)C(=C2CCCN2)C(=O)C1. The van der Waals surface area contributed by atoms with Gasteiger partial charge in [-0.05, 0) is 24.7 Å². The fourth-order valence-corrected chi connectivity index (χ4v) is 2.52. The van der Waals surface area contributed by atoms with Gasteiger partial charge in [-0.3, -0.25) is 9.59 Å². The highest BCUT2D eigenvalue weighted by atomic mass is 16.1. The zero-order chi connectivity index (χ0) is 11.7. The second-order valence-electron chi connectivity index (χ2n) is 5.14. The van der Waals surface area contributed by atoms with Gasteiger partial charge in [0, 0.05) is 25.1 Å². The maximum atomic E-state index is 12.0. The lowest BCUT2D eigenvalue weighted by Gasteiger charge is -2.25. The Bertz CT molecular complexity index is 327. The van der Waals surface area contributed by atoms with E-state index in [1.165, 1.54) is 0 Å². The van der Waals surface area contributed by atoms with E-state index >= 15 is 0 Å². The topological polar surface area (TPSA) is 46.2 Å². The van der Waals surface area contributed by atoms with Crippen molar-refractivity contribution in [1.29, 1.82) is 0 Å². The zero-order valence-electron chi connectivity index (χ0n) is 10.0. The third-order valence-corrected chi connectivity index (χ3v) is 3.64. The molecule has 1 aliphatic carbocycles. The molecule has 0 amide bonds. The number of rotatable bonds is 1. The third kappa shape index (κ3) is 2.04. The second kappa shape index (κ2) is 4.40. The summed E-state index contributed by atoms with van der Waals surface area (Å²) in [5, 5.41) is 3.17. The Hall–Kier alpha value is -1.12. The molecule has 1 saturated carbocycles. The molecule has 1 N–H and O–H groups in total. The number of hydrogen-bond donors (Lipinski definition) is 1. The van der Waals surface area contributed by atoms with Crippen molar-refractivity contribution < 1.29 is 9.59 Å². The van der Waals surface area contributed by atoms with Gasteiger partial charge in [0.1, 0.15) is 0 Å². The Morgan fingerprint density at radius 1 is 1.19 bits per heavy atom. The van der Waals surface area contributed by atoms with Gasteiger partial charge in [-0.15, -0.1) is 0 Å². The predicted molar refractivity (Wildman–Crippen MR) is 61.8 cm³/mol. The predicted octanol–water partition coefficient (Wildman–Crippen LogP) is 1.83. The Morgan fingerprint density at radius 2 is 1.81 bits per heavy atom. The van der Waals surface area contributed by atoms with Crippen LogP contribution in [-0.4, -0.2) is 18.1 Å². The minimum atomic E-state index is 0.0550. The first kappa shape index (κ1) is 11.4. The van der Waals surface area contributed by atoms with Crippen LogP contribution in [0.3, 0.4) is 0 Å². The summed E-state index contributed by atoms with van der Waals surface area (Å²) < 4.78 is 0. The second-order valence-corrected chi connectivity index (χ2v) is 5.14. The molecule has 0 aromatic rings. The molecule has 1 saturated heterocycles. The fraction of sp³-hybridized carbons (Fsp3) is 0.692. The van der Waals surface area contributed by atoms with Crippen molar-refractivity contribution in [2.45, 2.75) is 39.5 Å².